The van der Waals surface area contributed by atoms with Gasteiger partial charge in [-0.3, -0.25) is 4.79 Å². The second-order valence-electron chi connectivity index (χ2n) is 3.85. The minimum atomic E-state index is -1.36. The molecular weight excluding hydrogens is 182 g/mol. The minimum absolute atomic E-state index is 0.0426. The van der Waals surface area contributed by atoms with E-state index in [0.29, 0.717) is 0 Å². The number of hydrogen-bond acceptors (Lipinski definition) is 3. The standard InChI is InChI=1S/C10H19NO3/c1-5-7(4)8(11-6(2)3)9(12)10(13)14/h6-8,11H,5H2,1-4H3,(H,13,14)/t7?,8-/m0/s1. The lowest BCUT2D eigenvalue weighted by Gasteiger charge is -2.23. The normalized spacial score (nSPS) is 15.2. The number of carbonyl (C=O) groups excluding carboxylic acids is 1. The molecule has 2 N–H and O–H groups in total. The van der Waals surface area contributed by atoms with E-state index in [1.54, 1.807) is 0 Å². The Morgan fingerprint density at radius 1 is 1.29 bits per heavy atom. The third-order valence-corrected chi connectivity index (χ3v) is 2.22. The molecule has 0 aromatic rings. The minimum Gasteiger partial charge on any atom is -0.475 e. The molecule has 0 aliphatic rings. The molecule has 1 unspecified atom stereocenters. The van der Waals surface area contributed by atoms with Crippen LogP contribution in [0.3, 0.4) is 0 Å². The van der Waals surface area contributed by atoms with Crippen LogP contribution in [0.5, 0.6) is 0 Å². The summed E-state index contributed by atoms with van der Waals surface area (Å²) in [4.78, 5) is 21.9. The summed E-state index contributed by atoms with van der Waals surface area (Å²) in [6.45, 7) is 7.60. The number of aliphatic carboxylic acids is 1. The summed E-state index contributed by atoms with van der Waals surface area (Å²) < 4.78 is 0. The summed E-state index contributed by atoms with van der Waals surface area (Å²) in [5.74, 6) is -2.06. The molecule has 0 aliphatic carbocycles. The number of nitrogens with one attached hydrogen (secondary N) is 1. The molecule has 0 aromatic heterocycles. The molecule has 0 fully saturated rings. The van der Waals surface area contributed by atoms with Crippen LogP contribution in [-0.2, 0) is 9.59 Å². The van der Waals surface area contributed by atoms with Crippen LogP contribution in [-0.4, -0.2) is 28.9 Å². The molecule has 0 saturated carbocycles. The van der Waals surface area contributed by atoms with Crippen LogP contribution < -0.4 is 5.32 Å². The average Bonchev–Trinajstić information content (AvgIpc) is 2.11. The van der Waals surface area contributed by atoms with Crippen molar-refractivity contribution in [3.05, 3.63) is 0 Å². The van der Waals surface area contributed by atoms with E-state index in [2.05, 4.69) is 5.32 Å². The van der Waals surface area contributed by atoms with Gasteiger partial charge in [-0.2, -0.15) is 0 Å². The Labute approximate surface area is 84.7 Å². The first kappa shape index (κ1) is 13.1. The fourth-order valence-electron chi connectivity index (χ4n) is 1.23. The second kappa shape index (κ2) is 5.75. The monoisotopic (exact) mass is 201 g/mol. The van der Waals surface area contributed by atoms with Crippen molar-refractivity contribution in [2.45, 2.75) is 46.2 Å². The van der Waals surface area contributed by atoms with E-state index in [1.807, 2.05) is 27.7 Å². The number of carboxylic acid groups (broad SMARTS) is 1. The van der Waals surface area contributed by atoms with Crippen LogP contribution in [0.15, 0.2) is 0 Å². The van der Waals surface area contributed by atoms with Crippen molar-refractivity contribution in [2.75, 3.05) is 0 Å². The van der Waals surface area contributed by atoms with Crippen LogP contribution in [0.1, 0.15) is 34.1 Å². The van der Waals surface area contributed by atoms with Gasteiger partial charge in [-0.05, 0) is 5.92 Å². The first-order valence-electron chi connectivity index (χ1n) is 4.93. The number of rotatable bonds is 6. The van der Waals surface area contributed by atoms with Crippen LogP contribution >= 0.6 is 0 Å². The highest BCUT2D eigenvalue weighted by Crippen LogP contribution is 2.09. The van der Waals surface area contributed by atoms with Crippen LogP contribution in [0, 0.1) is 5.92 Å². The molecule has 82 valence electrons. The second-order valence-corrected chi connectivity index (χ2v) is 3.85. The zero-order chi connectivity index (χ0) is 11.3. The molecule has 0 aromatic carbocycles. The summed E-state index contributed by atoms with van der Waals surface area (Å²) in [5, 5.41) is 11.6. The molecule has 14 heavy (non-hydrogen) atoms. The summed E-state index contributed by atoms with van der Waals surface area (Å²) in [6.07, 6.45) is 0.781. The zero-order valence-electron chi connectivity index (χ0n) is 9.20. The molecule has 4 nitrogen and oxygen atoms in total. The van der Waals surface area contributed by atoms with E-state index in [1.165, 1.54) is 0 Å². The Balaban J connectivity index is 4.54. The Hall–Kier alpha value is -0.900. The predicted molar refractivity (Wildman–Crippen MR) is 54.2 cm³/mol. The van der Waals surface area contributed by atoms with Gasteiger partial charge in [0.15, 0.2) is 0 Å². The fourth-order valence-corrected chi connectivity index (χ4v) is 1.23. The third-order valence-electron chi connectivity index (χ3n) is 2.22. The van der Waals surface area contributed by atoms with Crippen molar-refractivity contribution < 1.29 is 14.7 Å². The summed E-state index contributed by atoms with van der Waals surface area (Å²) in [6, 6.07) is -0.463. The van der Waals surface area contributed by atoms with E-state index in [-0.39, 0.29) is 12.0 Å². The molecule has 0 amide bonds. The maximum absolute atomic E-state index is 11.3. The van der Waals surface area contributed by atoms with Gasteiger partial charge in [0.1, 0.15) is 0 Å². The topological polar surface area (TPSA) is 66.4 Å². The Kier molecular flexibility index (Phi) is 5.38. The Bertz CT molecular complexity index is 213. The van der Waals surface area contributed by atoms with E-state index in [0.717, 1.165) is 6.42 Å². The Morgan fingerprint density at radius 2 is 1.79 bits per heavy atom. The molecule has 0 heterocycles. The van der Waals surface area contributed by atoms with Crippen LogP contribution in [0.2, 0.25) is 0 Å². The molecule has 0 rings (SSSR count). The number of carbonyl (C=O) groups is 2. The molecule has 0 radical (unpaired) electrons. The number of Topliss-reactive ketones (excluding diaryl/α,β-unsaturated/α-hetero) is 1. The molecule has 0 aliphatic heterocycles. The van der Waals surface area contributed by atoms with E-state index in [9.17, 15) is 9.59 Å². The van der Waals surface area contributed by atoms with Gasteiger partial charge in [0, 0.05) is 6.04 Å². The van der Waals surface area contributed by atoms with Crippen molar-refractivity contribution >= 4 is 11.8 Å². The molecular formula is C10H19NO3. The molecule has 0 saturated heterocycles. The highest BCUT2D eigenvalue weighted by molar-refractivity contribution is 6.34. The average molecular weight is 201 g/mol. The van der Waals surface area contributed by atoms with E-state index in [4.69, 9.17) is 5.11 Å². The summed E-state index contributed by atoms with van der Waals surface area (Å²) >= 11 is 0. The summed E-state index contributed by atoms with van der Waals surface area (Å²) in [7, 11) is 0. The quantitative estimate of drug-likeness (QED) is 0.630. The van der Waals surface area contributed by atoms with Gasteiger partial charge in [-0.15, -0.1) is 0 Å². The van der Waals surface area contributed by atoms with E-state index < -0.39 is 17.8 Å². The van der Waals surface area contributed by atoms with Crippen molar-refractivity contribution in [1.82, 2.24) is 5.32 Å². The maximum Gasteiger partial charge on any atom is 0.373 e. The fraction of sp³-hybridized carbons (Fsp3) is 0.800. The Morgan fingerprint density at radius 3 is 2.07 bits per heavy atom. The molecule has 2 atom stereocenters. The highest BCUT2D eigenvalue weighted by Gasteiger charge is 2.29. The third kappa shape index (κ3) is 3.87. The van der Waals surface area contributed by atoms with Crippen molar-refractivity contribution in [3.8, 4) is 0 Å². The van der Waals surface area contributed by atoms with Gasteiger partial charge in [0.25, 0.3) is 5.78 Å². The molecule has 0 bridgehead atoms. The number of ketones is 1. The number of hydrogen-bond donors (Lipinski definition) is 2. The van der Waals surface area contributed by atoms with Gasteiger partial charge < -0.3 is 10.4 Å². The zero-order valence-corrected chi connectivity index (χ0v) is 9.20. The number of carboxylic acids is 1. The smallest absolute Gasteiger partial charge is 0.373 e. The highest BCUT2D eigenvalue weighted by atomic mass is 16.4. The van der Waals surface area contributed by atoms with Gasteiger partial charge in [-0.25, -0.2) is 4.79 Å². The van der Waals surface area contributed by atoms with Gasteiger partial charge in [0.05, 0.1) is 6.04 Å². The van der Waals surface area contributed by atoms with Crippen LogP contribution in [0.25, 0.3) is 0 Å². The van der Waals surface area contributed by atoms with Crippen molar-refractivity contribution in [1.29, 1.82) is 0 Å². The van der Waals surface area contributed by atoms with Crippen molar-refractivity contribution in [3.63, 3.8) is 0 Å². The first-order chi connectivity index (χ1) is 6.40. The maximum atomic E-state index is 11.3. The van der Waals surface area contributed by atoms with Gasteiger partial charge in [0.2, 0.25) is 0 Å². The van der Waals surface area contributed by atoms with E-state index >= 15 is 0 Å². The molecule has 4 heteroatoms. The lowest BCUT2D eigenvalue weighted by atomic mass is 9.95. The lowest BCUT2D eigenvalue weighted by Crippen LogP contribution is -2.47. The predicted octanol–water partition coefficient (Wildman–Crippen LogP) is 1.05. The first-order valence-corrected chi connectivity index (χ1v) is 4.93. The lowest BCUT2D eigenvalue weighted by molar-refractivity contribution is -0.150. The van der Waals surface area contributed by atoms with Gasteiger partial charge >= 0.3 is 5.97 Å². The largest absolute Gasteiger partial charge is 0.475 e. The van der Waals surface area contributed by atoms with Crippen molar-refractivity contribution in [2.24, 2.45) is 5.92 Å². The molecule has 0 spiro atoms. The van der Waals surface area contributed by atoms with Gasteiger partial charge in [-0.1, -0.05) is 34.1 Å². The summed E-state index contributed by atoms with van der Waals surface area (Å²) in [5.41, 5.74) is 0. The SMILES string of the molecule is CCC(C)[C@H](NC(C)C)C(=O)C(=O)O. The van der Waals surface area contributed by atoms with Crippen LogP contribution in [0.4, 0.5) is 0 Å².